The molecule has 0 saturated heterocycles. The molecule has 1 aliphatic rings. The molecule has 2 heterocycles. The predicted octanol–water partition coefficient (Wildman–Crippen LogP) is 1.27. The number of thiophene rings is 1. The number of rotatable bonds is 4. The topological polar surface area (TPSA) is 80.9 Å². The number of aromatic nitrogens is 4. The molecule has 1 aliphatic carbocycles. The number of nitrogens with zero attached hydrogens (tertiary/aromatic N) is 4. The van der Waals surface area contributed by atoms with Gasteiger partial charge in [-0.05, 0) is 34.7 Å². The molecule has 2 aromatic rings. The Labute approximate surface area is 101 Å². The van der Waals surface area contributed by atoms with Gasteiger partial charge in [0.25, 0.3) is 0 Å². The van der Waals surface area contributed by atoms with Crippen LogP contribution in [0.25, 0.3) is 10.7 Å². The number of carbonyl (C=O) groups is 1. The fraction of sp³-hybridized carbons (Fsp3) is 0.400. The minimum atomic E-state index is -0.759. The number of carboxylic acid groups (broad SMARTS) is 1. The standard InChI is InChI=1S/C10H10N4O2S/c15-9(16)10(3-4-10)6-14-8(11-12-13-14)7-2-1-5-17-7/h1-2,5H,3-4,6H2,(H,15,16). The zero-order valence-electron chi connectivity index (χ0n) is 8.91. The smallest absolute Gasteiger partial charge is 0.311 e. The molecule has 3 rings (SSSR count). The molecule has 2 aromatic heterocycles. The highest BCUT2D eigenvalue weighted by atomic mass is 32.1. The Kier molecular flexibility index (Phi) is 2.22. The Morgan fingerprint density at radius 2 is 2.41 bits per heavy atom. The van der Waals surface area contributed by atoms with Crippen LogP contribution < -0.4 is 0 Å². The Morgan fingerprint density at radius 3 is 3.00 bits per heavy atom. The van der Waals surface area contributed by atoms with Gasteiger partial charge in [-0.15, -0.1) is 16.4 Å². The summed E-state index contributed by atoms with van der Waals surface area (Å²) in [6.07, 6.45) is 1.40. The number of tetrazole rings is 1. The van der Waals surface area contributed by atoms with E-state index in [0.29, 0.717) is 25.2 Å². The zero-order valence-corrected chi connectivity index (χ0v) is 9.72. The van der Waals surface area contributed by atoms with Crippen LogP contribution in [-0.4, -0.2) is 31.3 Å². The van der Waals surface area contributed by atoms with Gasteiger partial charge in [-0.2, -0.15) is 0 Å². The number of hydrogen-bond acceptors (Lipinski definition) is 5. The van der Waals surface area contributed by atoms with Crippen molar-refractivity contribution in [2.24, 2.45) is 5.41 Å². The highest BCUT2D eigenvalue weighted by Crippen LogP contribution is 2.47. The summed E-state index contributed by atoms with van der Waals surface area (Å²) in [6, 6.07) is 3.84. The molecule has 0 amide bonds. The largest absolute Gasteiger partial charge is 0.481 e. The lowest BCUT2D eigenvalue weighted by molar-refractivity contribution is -0.144. The van der Waals surface area contributed by atoms with Gasteiger partial charge in [-0.3, -0.25) is 4.79 Å². The second-order valence-corrected chi connectivity index (χ2v) is 5.17. The van der Waals surface area contributed by atoms with Crippen LogP contribution in [0.4, 0.5) is 0 Å². The Balaban J connectivity index is 1.90. The van der Waals surface area contributed by atoms with Crippen molar-refractivity contribution in [3.05, 3.63) is 17.5 Å². The fourth-order valence-corrected chi connectivity index (χ4v) is 2.48. The van der Waals surface area contributed by atoms with Crippen molar-refractivity contribution in [3.63, 3.8) is 0 Å². The van der Waals surface area contributed by atoms with Crippen LogP contribution in [0.5, 0.6) is 0 Å². The predicted molar refractivity (Wildman–Crippen MR) is 60.4 cm³/mol. The maximum Gasteiger partial charge on any atom is 0.311 e. The Hall–Kier alpha value is -1.76. The van der Waals surface area contributed by atoms with E-state index in [1.807, 2.05) is 17.5 Å². The van der Waals surface area contributed by atoms with Crippen LogP contribution in [-0.2, 0) is 11.3 Å². The molecule has 7 heteroatoms. The summed E-state index contributed by atoms with van der Waals surface area (Å²) in [5, 5.41) is 22.5. The maximum atomic E-state index is 11.1. The van der Waals surface area contributed by atoms with Crippen molar-refractivity contribution in [2.75, 3.05) is 0 Å². The van der Waals surface area contributed by atoms with E-state index in [0.717, 1.165) is 4.88 Å². The van der Waals surface area contributed by atoms with E-state index < -0.39 is 11.4 Å². The van der Waals surface area contributed by atoms with Crippen molar-refractivity contribution < 1.29 is 9.90 Å². The van der Waals surface area contributed by atoms with Crippen molar-refractivity contribution >= 4 is 17.3 Å². The second kappa shape index (κ2) is 3.63. The van der Waals surface area contributed by atoms with Crippen LogP contribution in [0.1, 0.15) is 12.8 Å². The number of carboxylic acids is 1. The molecule has 1 N–H and O–H groups in total. The van der Waals surface area contributed by atoms with Gasteiger partial charge in [0.2, 0.25) is 0 Å². The van der Waals surface area contributed by atoms with Crippen LogP contribution in [0, 0.1) is 5.41 Å². The molecule has 0 bridgehead atoms. The molecule has 0 aliphatic heterocycles. The second-order valence-electron chi connectivity index (χ2n) is 4.22. The summed E-state index contributed by atoms with van der Waals surface area (Å²) < 4.78 is 1.59. The van der Waals surface area contributed by atoms with Crippen LogP contribution in [0.15, 0.2) is 17.5 Å². The van der Waals surface area contributed by atoms with Crippen LogP contribution >= 0.6 is 11.3 Å². The molecule has 1 saturated carbocycles. The summed E-state index contributed by atoms with van der Waals surface area (Å²) in [7, 11) is 0. The van der Waals surface area contributed by atoms with E-state index in [4.69, 9.17) is 5.11 Å². The van der Waals surface area contributed by atoms with Gasteiger partial charge in [0.1, 0.15) is 0 Å². The molecule has 0 unspecified atom stereocenters. The first-order chi connectivity index (χ1) is 8.21. The lowest BCUT2D eigenvalue weighted by Gasteiger charge is -2.09. The van der Waals surface area contributed by atoms with Gasteiger partial charge in [0.15, 0.2) is 5.82 Å². The van der Waals surface area contributed by atoms with Gasteiger partial charge in [-0.25, -0.2) is 4.68 Å². The molecular weight excluding hydrogens is 240 g/mol. The van der Waals surface area contributed by atoms with E-state index >= 15 is 0 Å². The van der Waals surface area contributed by atoms with Crippen molar-refractivity contribution in [1.29, 1.82) is 0 Å². The van der Waals surface area contributed by atoms with Gasteiger partial charge in [0, 0.05) is 0 Å². The SMILES string of the molecule is O=C(O)C1(Cn2nnnc2-c2cccs2)CC1. The quantitative estimate of drug-likeness (QED) is 0.883. The molecule has 0 radical (unpaired) electrons. The number of hydrogen-bond donors (Lipinski definition) is 1. The lowest BCUT2D eigenvalue weighted by atomic mass is 10.1. The summed E-state index contributed by atoms with van der Waals surface area (Å²) in [5.74, 6) is -0.113. The monoisotopic (exact) mass is 250 g/mol. The summed E-state index contributed by atoms with van der Waals surface area (Å²) in [6.45, 7) is 0.350. The molecule has 17 heavy (non-hydrogen) atoms. The lowest BCUT2D eigenvalue weighted by Crippen LogP contribution is -2.22. The van der Waals surface area contributed by atoms with Gasteiger partial charge in [-0.1, -0.05) is 6.07 Å². The van der Waals surface area contributed by atoms with Crippen molar-refractivity contribution in [1.82, 2.24) is 20.2 Å². The first-order valence-electron chi connectivity index (χ1n) is 5.25. The molecule has 1 fully saturated rings. The minimum Gasteiger partial charge on any atom is -0.481 e. The highest BCUT2D eigenvalue weighted by molar-refractivity contribution is 7.13. The van der Waals surface area contributed by atoms with Gasteiger partial charge < -0.3 is 5.11 Å². The van der Waals surface area contributed by atoms with E-state index in [-0.39, 0.29) is 0 Å². The van der Waals surface area contributed by atoms with Crippen molar-refractivity contribution in [2.45, 2.75) is 19.4 Å². The first-order valence-corrected chi connectivity index (χ1v) is 6.13. The van der Waals surface area contributed by atoms with E-state index in [9.17, 15) is 4.79 Å². The van der Waals surface area contributed by atoms with E-state index in [1.165, 1.54) is 11.3 Å². The highest BCUT2D eigenvalue weighted by Gasteiger charge is 2.51. The minimum absolute atomic E-state index is 0.350. The van der Waals surface area contributed by atoms with Crippen LogP contribution in [0.2, 0.25) is 0 Å². The Morgan fingerprint density at radius 1 is 1.59 bits per heavy atom. The van der Waals surface area contributed by atoms with E-state index in [2.05, 4.69) is 15.5 Å². The average molecular weight is 250 g/mol. The molecule has 6 nitrogen and oxygen atoms in total. The van der Waals surface area contributed by atoms with Crippen molar-refractivity contribution in [3.8, 4) is 10.7 Å². The zero-order chi connectivity index (χ0) is 11.9. The summed E-state index contributed by atoms with van der Waals surface area (Å²) in [5.41, 5.74) is -0.651. The first kappa shape index (κ1) is 10.4. The van der Waals surface area contributed by atoms with E-state index in [1.54, 1.807) is 4.68 Å². The number of aliphatic carboxylic acids is 1. The third-order valence-corrected chi connectivity index (χ3v) is 3.90. The fourth-order valence-electron chi connectivity index (χ4n) is 1.77. The average Bonchev–Trinajstić information content (AvgIpc) is 2.75. The van der Waals surface area contributed by atoms with Gasteiger partial charge >= 0.3 is 5.97 Å². The third kappa shape index (κ3) is 1.72. The normalized spacial score (nSPS) is 16.9. The maximum absolute atomic E-state index is 11.1. The molecule has 0 aromatic carbocycles. The summed E-state index contributed by atoms with van der Waals surface area (Å²) >= 11 is 1.54. The molecule has 88 valence electrons. The summed E-state index contributed by atoms with van der Waals surface area (Å²) in [4.78, 5) is 12.1. The molecule has 0 atom stereocenters. The van der Waals surface area contributed by atoms with Gasteiger partial charge in [0.05, 0.1) is 16.8 Å². The molecule has 0 spiro atoms. The molecular formula is C10H10N4O2S. The Bertz CT molecular complexity index is 544. The van der Waals surface area contributed by atoms with Crippen LogP contribution in [0.3, 0.4) is 0 Å². The third-order valence-electron chi connectivity index (χ3n) is 3.03.